The summed E-state index contributed by atoms with van der Waals surface area (Å²) in [7, 11) is -4.02. The van der Waals surface area contributed by atoms with Crippen LogP contribution in [0.3, 0.4) is 0 Å². The number of aliphatic hydroxyl groups is 1. The molecule has 2 N–H and O–H groups in total. The molecule has 0 aliphatic rings. The first-order chi connectivity index (χ1) is 9.07. The first-order valence-corrected chi connectivity index (χ1v) is 7.32. The standard InChI is InChI=1S/C12H16F3NO3S/c1-8-5-9(2)11(6-10(8)7-17)20(18,19)16-4-3-12(13,14)15/h5-6,16-17H,3-4,7H2,1-2H3. The van der Waals surface area contributed by atoms with E-state index in [4.69, 9.17) is 5.11 Å². The third-order valence-electron chi connectivity index (χ3n) is 2.79. The smallest absolute Gasteiger partial charge is 0.390 e. The topological polar surface area (TPSA) is 66.4 Å². The Bertz CT molecular complexity index is 582. The quantitative estimate of drug-likeness (QED) is 0.874. The van der Waals surface area contributed by atoms with Crippen LogP contribution in [0.1, 0.15) is 23.1 Å². The number of rotatable bonds is 5. The zero-order valence-corrected chi connectivity index (χ0v) is 11.9. The van der Waals surface area contributed by atoms with Crippen LogP contribution in [-0.4, -0.2) is 26.2 Å². The molecule has 1 aromatic carbocycles. The highest BCUT2D eigenvalue weighted by Crippen LogP contribution is 2.22. The maximum absolute atomic E-state index is 12.0. The van der Waals surface area contributed by atoms with E-state index in [1.165, 1.54) is 6.07 Å². The fraction of sp³-hybridized carbons (Fsp3) is 0.500. The highest BCUT2D eigenvalue weighted by atomic mass is 32.2. The Morgan fingerprint density at radius 1 is 1.20 bits per heavy atom. The van der Waals surface area contributed by atoms with Crippen molar-refractivity contribution in [1.82, 2.24) is 4.72 Å². The van der Waals surface area contributed by atoms with Crippen molar-refractivity contribution in [2.45, 2.75) is 37.9 Å². The second-order valence-corrected chi connectivity index (χ2v) is 6.20. The van der Waals surface area contributed by atoms with Gasteiger partial charge in [-0.05, 0) is 36.6 Å². The van der Waals surface area contributed by atoms with Gasteiger partial charge in [0.25, 0.3) is 0 Å². The SMILES string of the molecule is Cc1cc(C)c(S(=O)(=O)NCCC(F)(F)F)cc1CO. The van der Waals surface area contributed by atoms with Crippen molar-refractivity contribution in [2.24, 2.45) is 0 Å². The highest BCUT2D eigenvalue weighted by molar-refractivity contribution is 7.89. The number of aryl methyl sites for hydroxylation is 2. The van der Waals surface area contributed by atoms with Crippen LogP contribution < -0.4 is 4.72 Å². The molecule has 0 aromatic heterocycles. The molecule has 20 heavy (non-hydrogen) atoms. The van der Waals surface area contributed by atoms with E-state index in [0.717, 1.165) is 5.56 Å². The Labute approximate surface area is 115 Å². The minimum absolute atomic E-state index is 0.116. The van der Waals surface area contributed by atoms with Gasteiger partial charge in [0.05, 0.1) is 17.9 Å². The molecule has 0 fully saturated rings. The molecule has 0 atom stereocenters. The summed E-state index contributed by atoms with van der Waals surface area (Å²) >= 11 is 0. The van der Waals surface area contributed by atoms with Crippen LogP contribution in [0.4, 0.5) is 13.2 Å². The second-order valence-electron chi connectivity index (χ2n) is 4.47. The third kappa shape index (κ3) is 4.46. The normalized spacial score (nSPS) is 12.7. The summed E-state index contributed by atoms with van der Waals surface area (Å²) in [5, 5.41) is 9.12. The molecule has 0 saturated carbocycles. The minimum atomic E-state index is -4.42. The van der Waals surface area contributed by atoms with Gasteiger partial charge in [0, 0.05) is 6.54 Å². The van der Waals surface area contributed by atoms with Crippen LogP contribution in [0, 0.1) is 13.8 Å². The molecule has 8 heteroatoms. The number of benzene rings is 1. The van der Waals surface area contributed by atoms with Gasteiger partial charge in [0.1, 0.15) is 0 Å². The number of halogens is 3. The van der Waals surface area contributed by atoms with Gasteiger partial charge < -0.3 is 5.11 Å². The van der Waals surface area contributed by atoms with Gasteiger partial charge in [-0.15, -0.1) is 0 Å². The van der Waals surface area contributed by atoms with Gasteiger partial charge >= 0.3 is 6.18 Å². The summed E-state index contributed by atoms with van der Waals surface area (Å²) < 4.78 is 61.9. The average Bonchev–Trinajstić information content (AvgIpc) is 2.26. The van der Waals surface area contributed by atoms with Crippen LogP contribution in [0.2, 0.25) is 0 Å². The van der Waals surface area contributed by atoms with Gasteiger partial charge in [0.15, 0.2) is 0 Å². The molecule has 1 aromatic rings. The number of hydrogen-bond donors (Lipinski definition) is 2. The molecule has 114 valence electrons. The molecule has 0 saturated heterocycles. The van der Waals surface area contributed by atoms with Crippen molar-refractivity contribution in [3.63, 3.8) is 0 Å². The second kappa shape index (κ2) is 6.11. The van der Waals surface area contributed by atoms with Crippen molar-refractivity contribution in [1.29, 1.82) is 0 Å². The Hall–Kier alpha value is -1.12. The Balaban J connectivity index is 2.98. The predicted molar refractivity (Wildman–Crippen MR) is 67.7 cm³/mol. The largest absolute Gasteiger partial charge is 0.392 e. The molecule has 0 aliphatic heterocycles. The third-order valence-corrected chi connectivity index (χ3v) is 4.40. The molecule has 1 rings (SSSR count). The van der Waals surface area contributed by atoms with Crippen LogP contribution in [-0.2, 0) is 16.6 Å². The van der Waals surface area contributed by atoms with E-state index in [2.05, 4.69) is 0 Å². The molecule has 0 bridgehead atoms. The van der Waals surface area contributed by atoms with Crippen molar-refractivity contribution in [3.8, 4) is 0 Å². The summed E-state index contributed by atoms with van der Waals surface area (Å²) in [4.78, 5) is -0.116. The maximum Gasteiger partial charge on any atom is 0.390 e. The first-order valence-electron chi connectivity index (χ1n) is 5.84. The minimum Gasteiger partial charge on any atom is -0.392 e. The predicted octanol–water partition coefficient (Wildman–Crippen LogP) is 2.03. The summed E-state index contributed by atoms with van der Waals surface area (Å²) in [5.41, 5.74) is 1.56. The zero-order chi connectivity index (χ0) is 15.6. The van der Waals surface area contributed by atoms with Crippen LogP contribution >= 0.6 is 0 Å². The van der Waals surface area contributed by atoms with Gasteiger partial charge in [0.2, 0.25) is 10.0 Å². The van der Waals surface area contributed by atoms with Crippen LogP contribution in [0.5, 0.6) is 0 Å². The number of hydrogen-bond acceptors (Lipinski definition) is 3. The van der Waals surface area contributed by atoms with Gasteiger partial charge in [-0.2, -0.15) is 13.2 Å². The lowest BCUT2D eigenvalue weighted by Crippen LogP contribution is -2.28. The summed E-state index contributed by atoms with van der Waals surface area (Å²) in [6, 6.07) is 2.85. The summed E-state index contributed by atoms with van der Waals surface area (Å²) in [5.74, 6) is 0. The lowest BCUT2D eigenvalue weighted by Gasteiger charge is -2.13. The van der Waals surface area contributed by atoms with E-state index < -0.39 is 29.2 Å². The lowest BCUT2D eigenvalue weighted by molar-refractivity contribution is -0.132. The van der Waals surface area contributed by atoms with Gasteiger partial charge in [-0.1, -0.05) is 6.07 Å². The van der Waals surface area contributed by atoms with E-state index in [1.807, 2.05) is 4.72 Å². The summed E-state index contributed by atoms with van der Waals surface area (Å²) in [6.07, 6.45) is -5.65. The fourth-order valence-corrected chi connectivity index (χ4v) is 3.05. The monoisotopic (exact) mass is 311 g/mol. The molecule has 0 amide bonds. The van der Waals surface area contributed by atoms with E-state index in [1.54, 1.807) is 19.9 Å². The molecule has 0 radical (unpaired) electrons. The lowest BCUT2D eigenvalue weighted by atomic mass is 10.1. The Morgan fingerprint density at radius 2 is 1.80 bits per heavy atom. The van der Waals surface area contributed by atoms with Gasteiger partial charge in [-0.3, -0.25) is 0 Å². The van der Waals surface area contributed by atoms with Crippen molar-refractivity contribution in [3.05, 3.63) is 28.8 Å². The summed E-state index contributed by atoms with van der Waals surface area (Å²) in [6.45, 7) is 2.21. The van der Waals surface area contributed by atoms with Crippen molar-refractivity contribution < 1.29 is 26.7 Å². The molecular weight excluding hydrogens is 295 g/mol. The van der Waals surface area contributed by atoms with Crippen molar-refractivity contribution in [2.75, 3.05) is 6.54 Å². The molecular formula is C12H16F3NO3S. The van der Waals surface area contributed by atoms with E-state index >= 15 is 0 Å². The van der Waals surface area contributed by atoms with E-state index in [9.17, 15) is 21.6 Å². The highest BCUT2D eigenvalue weighted by Gasteiger charge is 2.28. The molecule has 0 spiro atoms. The van der Waals surface area contributed by atoms with Crippen LogP contribution in [0.25, 0.3) is 0 Å². The molecule has 0 aliphatic carbocycles. The first kappa shape index (κ1) is 16.9. The molecule has 0 heterocycles. The molecule has 4 nitrogen and oxygen atoms in total. The van der Waals surface area contributed by atoms with Crippen molar-refractivity contribution >= 4 is 10.0 Å². The Morgan fingerprint density at radius 3 is 2.30 bits per heavy atom. The zero-order valence-electron chi connectivity index (χ0n) is 11.1. The fourth-order valence-electron chi connectivity index (χ4n) is 1.74. The van der Waals surface area contributed by atoms with Crippen LogP contribution in [0.15, 0.2) is 17.0 Å². The van der Waals surface area contributed by atoms with E-state index in [-0.39, 0.29) is 11.5 Å². The van der Waals surface area contributed by atoms with E-state index in [0.29, 0.717) is 11.1 Å². The average molecular weight is 311 g/mol. The Kier molecular flexibility index (Phi) is 5.17. The molecule has 0 unspecified atom stereocenters. The number of aliphatic hydroxyl groups excluding tert-OH is 1. The van der Waals surface area contributed by atoms with Gasteiger partial charge in [-0.25, -0.2) is 13.1 Å². The number of nitrogens with one attached hydrogen (secondary N) is 1. The number of sulfonamides is 1. The maximum atomic E-state index is 12.0. The number of alkyl halides is 3.